The van der Waals surface area contributed by atoms with Crippen molar-refractivity contribution in [1.82, 2.24) is 31.9 Å². The monoisotopic (exact) mass is 738 g/mol. The van der Waals surface area contributed by atoms with Crippen LogP contribution < -0.4 is 37.6 Å². The Balaban J connectivity index is 5.33. The molecule has 0 saturated carbocycles. The Labute approximate surface area is 312 Å². The Kier molecular flexibility index (Phi) is 24.3. The zero-order valence-electron chi connectivity index (χ0n) is 33.6. The maximum absolute atomic E-state index is 13.6. The highest BCUT2D eigenvalue weighted by Gasteiger charge is 2.35. The van der Waals surface area contributed by atoms with Gasteiger partial charge in [0.15, 0.2) is 0 Å². The molecule has 0 saturated heterocycles. The lowest BCUT2D eigenvalue weighted by molar-refractivity contribution is -0.137. The van der Waals surface area contributed by atoms with E-state index in [1.165, 1.54) is 51.9 Å². The van der Waals surface area contributed by atoms with E-state index in [0.717, 1.165) is 19.3 Å². The van der Waals surface area contributed by atoms with Crippen molar-refractivity contribution in [2.45, 2.75) is 170 Å². The Morgan fingerprint density at radius 2 is 0.808 bits per heavy atom. The number of carbonyl (C=O) groups is 7. The summed E-state index contributed by atoms with van der Waals surface area (Å²) in [4.78, 5) is 89.9. The highest BCUT2D eigenvalue weighted by atomic mass is 16.2. The maximum Gasteiger partial charge on any atom is 0.243 e. The molecule has 7 amide bonds. The molecule has 8 N–H and O–H groups in total. The van der Waals surface area contributed by atoms with Gasteiger partial charge in [0.1, 0.15) is 30.2 Å². The zero-order chi connectivity index (χ0) is 40.0. The Bertz CT molecular complexity index is 1140. The molecule has 5 atom stereocenters. The molecule has 0 spiro atoms. The van der Waals surface area contributed by atoms with Crippen LogP contribution in [0.2, 0.25) is 0 Å². The lowest BCUT2D eigenvalue weighted by Gasteiger charge is -2.30. The first-order valence-electron chi connectivity index (χ1n) is 19.4. The molecule has 0 aromatic rings. The fourth-order valence-electron chi connectivity index (χ4n) is 5.67. The van der Waals surface area contributed by atoms with Crippen LogP contribution in [0.4, 0.5) is 0 Å². The van der Waals surface area contributed by atoms with Crippen molar-refractivity contribution in [1.29, 1.82) is 0 Å². The van der Waals surface area contributed by atoms with Crippen LogP contribution in [0.3, 0.4) is 0 Å². The molecular formula is C38H71N7O7. The molecule has 0 heterocycles. The third kappa shape index (κ3) is 19.8. The third-order valence-corrected chi connectivity index (χ3v) is 8.95. The normalized spacial score (nSPS) is 14.3. The summed E-state index contributed by atoms with van der Waals surface area (Å²) in [6, 6.07) is -5.37. The standard InChI is InChI=1S/C38H71N7O7/c1-11-12-13-14-15-16-17-18-19-20-21-40-29(47)22-28(34(39)48)42-35(49)31(24(4)5)43-37(51)33(26(8)9)45-38(52)32(25(6)7)44-36(50)30(23(2)3)41-27(10)46/h23-26,28,30-33H,11-22H2,1-10H3,(H2,39,48)(H,40,47)(H,41,46)(H,42,49)(H,43,51)(H,44,50)(H,45,52)/t28-,30-,31-,32-,33-/m0/s1. The van der Waals surface area contributed by atoms with E-state index in [4.69, 9.17) is 5.73 Å². The number of unbranched alkanes of at least 4 members (excludes halogenated alkanes) is 9. The molecule has 300 valence electrons. The minimum Gasteiger partial charge on any atom is -0.368 e. The van der Waals surface area contributed by atoms with Crippen molar-refractivity contribution in [2.24, 2.45) is 29.4 Å². The molecule has 0 aliphatic carbocycles. The van der Waals surface area contributed by atoms with Gasteiger partial charge in [0.05, 0.1) is 6.42 Å². The van der Waals surface area contributed by atoms with E-state index >= 15 is 0 Å². The summed E-state index contributed by atoms with van der Waals surface area (Å²) in [5.41, 5.74) is 5.54. The number of nitrogens with one attached hydrogen (secondary N) is 6. The molecule has 0 fully saturated rings. The Morgan fingerprint density at radius 3 is 1.13 bits per heavy atom. The van der Waals surface area contributed by atoms with Crippen LogP contribution in [-0.2, 0) is 33.6 Å². The smallest absolute Gasteiger partial charge is 0.243 e. The summed E-state index contributed by atoms with van der Waals surface area (Å²) in [5.74, 6) is -5.63. The minimum absolute atomic E-state index is 0.244. The van der Waals surface area contributed by atoms with Gasteiger partial charge in [-0.15, -0.1) is 0 Å². The van der Waals surface area contributed by atoms with Crippen molar-refractivity contribution in [3.63, 3.8) is 0 Å². The van der Waals surface area contributed by atoms with Gasteiger partial charge in [-0.3, -0.25) is 33.6 Å². The first kappa shape index (κ1) is 48.3. The van der Waals surface area contributed by atoms with Crippen molar-refractivity contribution in [3.05, 3.63) is 0 Å². The topological polar surface area (TPSA) is 218 Å². The SMILES string of the molecule is CCCCCCCCCCCCNC(=O)C[C@H](NC(=O)[C@@H](NC(=O)[C@@H](NC(=O)[C@@H](NC(=O)[C@@H](NC(C)=O)C(C)C)C(C)C)C(C)C)C(C)C)C(N)=O. The minimum atomic E-state index is -1.29. The molecule has 0 radical (unpaired) electrons. The summed E-state index contributed by atoms with van der Waals surface area (Å²) in [6.07, 6.45) is 11.3. The summed E-state index contributed by atoms with van der Waals surface area (Å²) in [5, 5.41) is 16.0. The van der Waals surface area contributed by atoms with Crippen molar-refractivity contribution in [2.75, 3.05) is 6.54 Å². The summed E-state index contributed by atoms with van der Waals surface area (Å²) >= 11 is 0. The van der Waals surface area contributed by atoms with E-state index in [1.807, 2.05) is 0 Å². The molecule has 0 aliphatic rings. The quantitative estimate of drug-likeness (QED) is 0.0625. The van der Waals surface area contributed by atoms with Gasteiger partial charge in [0, 0.05) is 13.5 Å². The van der Waals surface area contributed by atoms with Crippen molar-refractivity contribution in [3.8, 4) is 0 Å². The van der Waals surface area contributed by atoms with Gasteiger partial charge in [0.2, 0.25) is 41.4 Å². The molecule has 0 unspecified atom stereocenters. The first-order valence-corrected chi connectivity index (χ1v) is 19.4. The van der Waals surface area contributed by atoms with E-state index in [1.54, 1.807) is 55.4 Å². The summed E-state index contributed by atoms with van der Waals surface area (Å²) < 4.78 is 0. The maximum atomic E-state index is 13.6. The lowest BCUT2D eigenvalue weighted by Crippen LogP contribution is -2.62. The number of amides is 7. The highest BCUT2D eigenvalue weighted by Crippen LogP contribution is 2.12. The average molecular weight is 738 g/mol. The second-order valence-electron chi connectivity index (χ2n) is 15.3. The van der Waals surface area contributed by atoms with E-state index in [-0.39, 0.29) is 24.2 Å². The molecule has 14 heteroatoms. The second-order valence-corrected chi connectivity index (χ2v) is 15.3. The fourth-order valence-corrected chi connectivity index (χ4v) is 5.67. The number of rotatable bonds is 27. The van der Waals surface area contributed by atoms with Gasteiger partial charge in [-0.1, -0.05) is 120 Å². The van der Waals surface area contributed by atoms with Crippen LogP contribution in [0.5, 0.6) is 0 Å². The first-order chi connectivity index (χ1) is 24.3. The third-order valence-electron chi connectivity index (χ3n) is 8.95. The van der Waals surface area contributed by atoms with Crippen LogP contribution in [0.1, 0.15) is 140 Å². The fraction of sp³-hybridized carbons (Fsp3) is 0.816. The average Bonchev–Trinajstić information content (AvgIpc) is 3.04. The van der Waals surface area contributed by atoms with E-state index in [0.29, 0.717) is 6.54 Å². The van der Waals surface area contributed by atoms with Gasteiger partial charge in [-0.25, -0.2) is 0 Å². The lowest BCUT2D eigenvalue weighted by atomic mass is 9.97. The van der Waals surface area contributed by atoms with E-state index in [9.17, 15) is 33.6 Å². The van der Waals surface area contributed by atoms with E-state index in [2.05, 4.69) is 38.8 Å². The van der Waals surface area contributed by atoms with Crippen LogP contribution in [0, 0.1) is 23.7 Å². The van der Waals surface area contributed by atoms with Crippen LogP contribution >= 0.6 is 0 Å². The number of hydrogen-bond acceptors (Lipinski definition) is 7. The number of nitrogens with two attached hydrogens (primary N) is 1. The number of primary amides is 1. The highest BCUT2D eigenvalue weighted by molar-refractivity contribution is 5.97. The van der Waals surface area contributed by atoms with Crippen molar-refractivity contribution >= 4 is 41.4 Å². The van der Waals surface area contributed by atoms with Gasteiger partial charge >= 0.3 is 0 Å². The van der Waals surface area contributed by atoms with Gasteiger partial charge < -0.3 is 37.6 Å². The molecule has 14 nitrogen and oxygen atoms in total. The predicted molar refractivity (Wildman–Crippen MR) is 203 cm³/mol. The molecule has 0 aromatic heterocycles. The van der Waals surface area contributed by atoms with Crippen LogP contribution in [0.25, 0.3) is 0 Å². The van der Waals surface area contributed by atoms with Crippen LogP contribution in [-0.4, -0.2) is 78.1 Å². The molecule has 0 aromatic carbocycles. The Hall–Kier alpha value is -3.71. The number of carbonyl (C=O) groups excluding carboxylic acids is 7. The van der Waals surface area contributed by atoms with Gasteiger partial charge in [0.25, 0.3) is 0 Å². The largest absolute Gasteiger partial charge is 0.368 e. The summed E-state index contributed by atoms with van der Waals surface area (Å²) in [6.45, 7) is 17.8. The molecular weight excluding hydrogens is 666 g/mol. The van der Waals surface area contributed by atoms with E-state index < -0.39 is 77.5 Å². The second kappa shape index (κ2) is 26.1. The molecule has 0 bridgehead atoms. The number of hydrogen-bond donors (Lipinski definition) is 7. The summed E-state index contributed by atoms with van der Waals surface area (Å²) in [7, 11) is 0. The predicted octanol–water partition coefficient (Wildman–Crippen LogP) is 2.97. The Morgan fingerprint density at radius 1 is 0.481 bits per heavy atom. The van der Waals surface area contributed by atoms with Crippen LogP contribution in [0.15, 0.2) is 0 Å². The van der Waals surface area contributed by atoms with Gasteiger partial charge in [-0.05, 0) is 30.1 Å². The van der Waals surface area contributed by atoms with Gasteiger partial charge in [-0.2, -0.15) is 0 Å². The molecule has 0 rings (SSSR count). The molecule has 52 heavy (non-hydrogen) atoms. The molecule has 0 aliphatic heterocycles. The van der Waals surface area contributed by atoms with Crippen molar-refractivity contribution < 1.29 is 33.6 Å². The zero-order valence-corrected chi connectivity index (χ0v) is 33.6.